The number of rotatable bonds is 4. The molecule has 2 heterocycles. The highest BCUT2D eigenvalue weighted by molar-refractivity contribution is 7.89. The Morgan fingerprint density at radius 3 is 2.63 bits per heavy atom. The molecule has 0 atom stereocenters. The van der Waals surface area contributed by atoms with Crippen molar-refractivity contribution in [1.29, 1.82) is 0 Å². The van der Waals surface area contributed by atoms with Crippen LogP contribution in [0.2, 0.25) is 0 Å². The van der Waals surface area contributed by atoms with Gasteiger partial charge < -0.3 is 0 Å². The van der Waals surface area contributed by atoms with Crippen molar-refractivity contribution >= 4 is 27.5 Å². The lowest BCUT2D eigenvalue weighted by Crippen LogP contribution is -2.43. The molecule has 1 N–H and O–H groups in total. The summed E-state index contributed by atoms with van der Waals surface area (Å²) in [6, 6.07) is 3.57. The Kier molecular flexibility index (Phi) is 3.86. The van der Waals surface area contributed by atoms with Gasteiger partial charge in [-0.2, -0.15) is 8.94 Å². The summed E-state index contributed by atoms with van der Waals surface area (Å²) in [5, 5.41) is 0.785. The summed E-state index contributed by atoms with van der Waals surface area (Å²) in [4.78, 5) is 15.5. The summed E-state index contributed by atoms with van der Waals surface area (Å²) in [6.07, 6.45) is 5.77. The van der Waals surface area contributed by atoms with Crippen molar-refractivity contribution < 1.29 is 17.8 Å². The van der Waals surface area contributed by atoms with Gasteiger partial charge in [-0.25, -0.2) is 18.1 Å². The van der Waals surface area contributed by atoms with Gasteiger partial charge >= 0.3 is 0 Å². The van der Waals surface area contributed by atoms with E-state index >= 15 is 0 Å². The predicted octanol–water partition coefficient (Wildman–Crippen LogP) is -0.432. The molecule has 100 valence electrons. The number of hydrogen-bond donors (Lipinski definition) is 1. The molecule has 0 aliphatic carbocycles. The first-order valence-corrected chi connectivity index (χ1v) is 7.87. The Bertz CT molecular complexity index is 665. The zero-order chi connectivity index (χ0) is 13.9. The van der Waals surface area contributed by atoms with E-state index < -0.39 is 15.9 Å². The number of carbonyl (C=O) groups excluding carboxylic acids is 1. The van der Waals surface area contributed by atoms with E-state index in [2.05, 4.69) is 9.36 Å². The van der Waals surface area contributed by atoms with Gasteiger partial charge in [-0.15, -0.1) is 0 Å². The van der Waals surface area contributed by atoms with Gasteiger partial charge in [0.15, 0.2) is 12.4 Å². The lowest BCUT2D eigenvalue weighted by molar-refractivity contribution is -0.684. The Morgan fingerprint density at radius 2 is 2.11 bits per heavy atom. The van der Waals surface area contributed by atoms with Crippen molar-refractivity contribution in [1.82, 2.24) is 14.1 Å². The van der Waals surface area contributed by atoms with Crippen LogP contribution in [0, 0.1) is 0 Å². The van der Waals surface area contributed by atoms with E-state index in [1.54, 1.807) is 29.1 Å². The summed E-state index contributed by atoms with van der Waals surface area (Å²) in [6.45, 7) is -0.0660. The third kappa shape index (κ3) is 4.07. The molecule has 19 heavy (non-hydrogen) atoms. The topological polar surface area (TPSA) is 92.9 Å². The third-order valence-electron chi connectivity index (χ3n) is 2.12. The Morgan fingerprint density at radius 1 is 1.42 bits per heavy atom. The van der Waals surface area contributed by atoms with Crippen LogP contribution in [0.5, 0.6) is 0 Å². The molecule has 0 aromatic carbocycles. The van der Waals surface area contributed by atoms with Gasteiger partial charge in [0.1, 0.15) is 11.3 Å². The predicted molar refractivity (Wildman–Crippen MR) is 68.5 cm³/mol. The van der Waals surface area contributed by atoms with Crippen LogP contribution in [0.3, 0.4) is 0 Å². The van der Waals surface area contributed by atoms with Crippen molar-refractivity contribution in [3.63, 3.8) is 0 Å². The lowest BCUT2D eigenvalue weighted by Gasteiger charge is -2.00. The van der Waals surface area contributed by atoms with Crippen molar-refractivity contribution in [3.8, 4) is 10.6 Å². The number of amides is 1. The SMILES string of the molecule is CS(=O)(=O)NC(=O)C[n+]1ccc(-c2ncns2)cc1. The number of sulfonamides is 1. The number of nitrogens with zero attached hydrogens (tertiary/aromatic N) is 3. The third-order valence-corrected chi connectivity index (χ3v) is 3.44. The first-order valence-electron chi connectivity index (χ1n) is 5.21. The van der Waals surface area contributed by atoms with Gasteiger partial charge in [-0.3, -0.25) is 4.79 Å². The molecule has 1 amide bonds. The maximum absolute atomic E-state index is 11.4. The molecule has 2 aromatic rings. The van der Waals surface area contributed by atoms with Crippen LogP contribution in [0.1, 0.15) is 0 Å². The van der Waals surface area contributed by atoms with Crippen LogP contribution >= 0.6 is 11.5 Å². The van der Waals surface area contributed by atoms with Gasteiger partial charge in [-0.05, 0) is 11.5 Å². The fraction of sp³-hybridized carbons (Fsp3) is 0.200. The van der Waals surface area contributed by atoms with Crippen molar-refractivity contribution in [2.75, 3.05) is 6.26 Å². The fourth-order valence-corrected chi connectivity index (χ4v) is 2.42. The molecular formula is C10H11N4O3S2+. The van der Waals surface area contributed by atoms with Gasteiger partial charge in [0, 0.05) is 17.7 Å². The Hall–Kier alpha value is -1.87. The normalized spacial score (nSPS) is 11.2. The smallest absolute Gasteiger partial charge is 0.267 e. The summed E-state index contributed by atoms with van der Waals surface area (Å²) < 4.78 is 29.2. The molecule has 0 fully saturated rings. The maximum Gasteiger partial charge on any atom is 0.299 e. The molecule has 0 radical (unpaired) electrons. The molecule has 0 saturated carbocycles. The van der Waals surface area contributed by atoms with Crippen LogP contribution in [-0.2, 0) is 21.4 Å². The average Bonchev–Trinajstić information content (AvgIpc) is 2.80. The number of nitrogens with one attached hydrogen (secondary N) is 1. The highest BCUT2D eigenvalue weighted by atomic mass is 32.2. The average molecular weight is 299 g/mol. The zero-order valence-corrected chi connectivity index (χ0v) is 11.6. The summed E-state index contributed by atoms with van der Waals surface area (Å²) >= 11 is 1.27. The number of aromatic nitrogens is 3. The van der Waals surface area contributed by atoms with E-state index in [1.807, 2.05) is 4.72 Å². The van der Waals surface area contributed by atoms with Crippen LogP contribution in [0.25, 0.3) is 10.6 Å². The highest BCUT2D eigenvalue weighted by Gasteiger charge is 2.14. The van der Waals surface area contributed by atoms with E-state index in [4.69, 9.17) is 0 Å². The van der Waals surface area contributed by atoms with Crippen LogP contribution < -0.4 is 9.29 Å². The summed E-state index contributed by atoms with van der Waals surface area (Å²) in [5.41, 5.74) is 0.891. The molecule has 0 saturated heterocycles. The Labute approximate surface area is 114 Å². The second-order valence-electron chi connectivity index (χ2n) is 3.80. The minimum absolute atomic E-state index is 0.0660. The molecule has 0 bridgehead atoms. The monoisotopic (exact) mass is 299 g/mol. The molecule has 0 aliphatic rings. The maximum atomic E-state index is 11.4. The fourth-order valence-electron chi connectivity index (χ4n) is 1.41. The number of pyridine rings is 1. The minimum atomic E-state index is -3.52. The molecule has 0 spiro atoms. The van der Waals surface area contributed by atoms with Gasteiger partial charge in [0.2, 0.25) is 16.6 Å². The van der Waals surface area contributed by atoms with Crippen LogP contribution in [0.15, 0.2) is 30.9 Å². The summed E-state index contributed by atoms with van der Waals surface area (Å²) in [5.74, 6) is -0.587. The van der Waals surface area contributed by atoms with E-state index in [0.29, 0.717) is 0 Å². The molecular weight excluding hydrogens is 288 g/mol. The minimum Gasteiger partial charge on any atom is -0.267 e. The van der Waals surface area contributed by atoms with Gasteiger partial charge in [-0.1, -0.05) is 0 Å². The molecule has 0 aliphatic heterocycles. The Balaban J connectivity index is 2.05. The van der Waals surface area contributed by atoms with Crippen LogP contribution in [0.4, 0.5) is 0 Å². The summed E-state index contributed by atoms with van der Waals surface area (Å²) in [7, 11) is -3.52. The lowest BCUT2D eigenvalue weighted by atomic mass is 10.3. The largest absolute Gasteiger partial charge is 0.299 e. The van der Waals surface area contributed by atoms with E-state index in [9.17, 15) is 13.2 Å². The van der Waals surface area contributed by atoms with Gasteiger partial charge in [0.25, 0.3) is 5.91 Å². The second-order valence-corrected chi connectivity index (χ2v) is 6.33. The molecule has 2 aromatic heterocycles. The molecule has 9 heteroatoms. The van der Waals surface area contributed by atoms with E-state index in [-0.39, 0.29) is 6.54 Å². The number of hydrogen-bond acceptors (Lipinski definition) is 6. The molecule has 0 unspecified atom stereocenters. The first-order chi connectivity index (χ1) is 8.94. The zero-order valence-electron chi connectivity index (χ0n) is 9.98. The second kappa shape index (κ2) is 5.41. The van der Waals surface area contributed by atoms with Crippen molar-refractivity contribution in [3.05, 3.63) is 30.9 Å². The molecule has 2 rings (SSSR count). The number of carbonyl (C=O) groups is 1. The van der Waals surface area contributed by atoms with Gasteiger partial charge in [0.05, 0.1) is 6.26 Å². The van der Waals surface area contributed by atoms with Crippen LogP contribution in [-0.4, -0.2) is 29.9 Å². The highest BCUT2D eigenvalue weighted by Crippen LogP contribution is 2.17. The van der Waals surface area contributed by atoms with Crippen molar-refractivity contribution in [2.45, 2.75) is 6.54 Å². The quantitative estimate of drug-likeness (QED) is 0.773. The standard InChI is InChI=1S/C10H10N4O3S2/c1-19(16,17)13-9(15)6-14-4-2-8(3-5-14)10-11-7-12-18-10/h2-5,7H,6H2,1H3/p+1. The van der Waals surface area contributed by atoms with Crippen molar-refractivity contribution in [2.24, 2.45) is 0 Å². The first kappa shape index (κ1) is 13.6. The molecule has 7 nitrogen and oxygen atoms in total. The van der Waals surface area contributed by atoms with E-state index in [0.717, 1.165) is 16.8 Å². The van der Waals surface area contributed by atoms with E-state index in [1.165, 1.54) is 17.9 Å².